The Labute approximate surface area is 197 Å². The van der Waals surface area contributed by atoms with E-state index in [9.17, 15) is 17.2 Å². The molecule has 3 aromatic heterocycles. The number of aromatic nitrogens is 4. The number of hydrogen-bond donors (Lipinski definition) is 1. The minimum absolute atomic E-state index is 0.185. The molecule has 0 saturated carbocycles. The fourth-order valence-electron chi connectivity index (χ4n) is 3.38. The number of imidazole rings is 1. The maximum Gasteiger partial charge on any atom is 0.264 e. The highest BCUT2D eigenvalue weighted by Gasteiger charge is 2.22. The minimum atomic E-state index is -4.33. The third-order valence-electron chi connectivity index (χ3n) is 5.04. The lowest BCUT2D eigenvalue weighted by Gasteiger charge is -2.10. The Kier molecular flexibility index (Phi) is 5.46. The van der Waals surface area contributed by atoms with Crippen molar-refractivity contribution in [3.63, 3.8) is 0 Å². The Morgan fingerprint density at radius 3 is 2.35 bits per heavy atom. The van der Waals surface area contributed by atoms with Crippen molar-refractivity contribution in [1.82, 2.24) is 19.6 Å². The van der Waals surface area contributed by atoms with Crippen LogP contribution >= 0.6 is 11.6 Å². The number of nitrogens with one attached hydrogen (secondary N) is 1. The molecule has 0 unspecified atom stereocenters. The summed E-state index contributed by atoms with van der Waals surface area (Å²) in [7, 11) is -4.33. The Morgan fingerprint density at radius 2 is 1.62 bits per heavy atom. The molecule has 1 N–H and O–H groups in total. The lowest BCUT2D eigenvalue weighted by Crippen LogP contribution is -2.15. The van der Waals surface area contributed by atoms with Gasteiger partial charge >= 0.3 is 0 Å². The summed E-state index contributed by atoms with van der Waals surface area (Å²) in [5, 5.41) is 4.16. The smallest absolute Gasteiger partial charge is 0.264 e. The molecule has 11 heteroatoms. The van der Waals surface area contributed by atoms with Gasteiger partial charge in [0.05, 0.1) is 22.6 Å². The Morgan fingerprint density at radius 1 is 0.882 bits per heavy atom. The number of hydrogen-bond acceptors (Lipinski definition) is 5. The van der Waals surface area contributed by atoms with E-state index in [0.717, 1.165) is 22.9 Å². The first-order valence-electron chi connectivity index (χ1n) is 9.85. The third-order valence-corrected chi connectivity index (χ3v) is 6.72. The second-order valence-electron chi connectivity index (χ2n) is 7.25. The van der Waals surface area contributed by atoms with Gasteiger partial charge in [0.2, 0.25) is 0 Å². The highest BCUT2D eigenvalue weighted by atomic mass is 35.5. The summed E-state index contributed by atoms with van der Waals surface area (Å²) < 4.78 is 56.5. The number of pyridine rings is 1. The van der Waals surface area contributed by atoms with Crippen LogP contribution in [-0.4, -0.2) is 28.0 Å². The number of sulfonamides is 1. The Balaban J connectivity index is 1.44. The number of rotatable bonds is 5. The average Bonchev–Trinajstić information content (AvgIpc) is 3.25. The quantitative estimate of drug-likeness (QED) is 0.337. The van der Waals surface area contributed by atoms with Crippen molar-refractivity contribution in [1.29, 1.82) is 0 Å². The molecule has 0 aliphatic carbocycles. The van der Waals surface area contributed by atoms with Crippen LogP contribution in [0.5, 0.6) is 0 Å². The summed E-state index contributed by atoms with van der Waals surface area (Å²) in [4.78, 5) is 7.64. The molecule has 0 fully saturated rings. The molecule has 0 saturated heterocycles. The fraction of sp³-hybridized carbons (Fsp3) is 0. The fourth-order valence-corrected chi connectivity index (χ4v) is 4.75. The molecular weight excluding hydrogens is 484 g/mol. The van der Waals surface area contributed by atoms with E-state index in [2.05, 4.69) is 19.8 Å². The molecular formula is C23H14ClF2N5O2S. The van der Waals surface area contributed by atoms with Gasteiger partial charge in [-0.05, 0) is 42.5 Å². The lowest BCUT2D eigenvalue weighted by molar-refractivity contribution is 0.551. The largest absolute Gasteiger partial charge is 0.280 e. The summed E-state index contributed by atoms with van der Waals surface area (Å²) in [6.07, 6.45) is 5.09. The molecule has 170 valence electrons. The number of nitrogens with zero attached hydrogens (tertiary/aromatic N) is 4. The average molecular weight is 498 g/mol. The van der Waals surface area contributed by atoms with Crippen LogP contribution in [0.3, 0.4) is 0 Å². The van der Waals surface area contributed by atoms with Gasteiger partial charge in [0, 0.05) is 35.3 Å². The van der Waals surface area contributed by atoms with Gasteiger partial charge in [0.1, 0.15) is 16.5 Å². The molecule has 34 heavy (non-hydrogen) atoms. The molecule has 0 aliphatic rings. The second kappa shape index (κ2) is 8.47. The van der Waals surface area contributed by atoms with Crippen molar-refractivity contribution in [3.8, 4) is 22.5 Å². The molecule has 0 amide bonds. The van der Waals surface area contributed by atoms with Crippen molar-refractivity contribution >= 4 is 33.0 Å². The highest BCUT2D eigenvalue weighted by molar-refractivity contribution is 7.92. The zero-order valence-corrected chi connectivity index (χ0v) is 18.7. The van der Waals surface area contributed by atoms with Crippen LogP contribution in [0.15, 0.2) is 84.1 Å². The van der Waals surface area contributed by atoms with E-state index in [4.69, 9.17) is 11.6 Å². The van der Waals surface area contributed by atoms with Gasteiger partial charge in [0.15, 0.2) is 5.65 Å². The number of anilines is 1. The van der Waals surface area contributed by atoms with E-state index < -0.39 is 31.6 Å². The van der Waals surface area contributed by atoms with E-state index in [1.165, 1.54) is 12.1 Å². The molecule has 0 bridgehead atoms. The summed E-state index contributed by atoms with van der Waals surface area (Å²) in [6, 6.07) is 14.9. The van der Waals surface area contributed by atoms with Crippen molar-refractivity contribution in [2.45, 2.75) is 4.90 Å². The topological polar surface area (TPSA) is 89.2 Å². The Hall–Kier alpha value is -3.89. The molecule has 0 aliphatic heterocycles. The summed E-state index contributed by atoms with van der Waals surface area (Å²) in [6.45, 7) is 0. The summed E-state index contributed by atoms with van der Waals surface area (Å²) in [5.74, 6) is -2.29. The van der Waals surface area contributed by atoms with Crippen LogP contribution in [0.4, 0.5) is 14.5 Å². The minimum Gasteiger partial charge on any atom is -0.280 e. The predicted octanol–water partition coefficient (Wildman–Crippen LogP) is 5.19. The summed E-state index contributed by atoms with van der Waals surface area (Å²) in [5.41, 5.74) is 3.90. The maximum atomic E-state index is 14.0. The first-order chi connectivity index (χ1) is 16.3. The molecule has 5 rings (SSSR count). The summed E-state index contributed by atoms with van der Waals surface area (Å²) >= 11 is 5.62. The van der Waals surface area contributed by atoms with Gasteiger partial charge in [-0.1, -0.05) is 23.7 Å². The van der Waals surface area contributed by atoms with Crippen LogP contribution < -0.4 is 4.72 Å². The van der Waals surface area contributed by atoms with E-state index in [-0.39, 0.29) is 5.69 Å². The van der Waals surface area contributed by atoms with Crippen LogP contribution in [0.2, 0.25) is 5.02 Å². The monoisotopic (exact) mass is 497 g/mol. The zero-order chi connectivity index (χ0) is 23.9. The van der Waals surface area contributed by atoms with E-state index >= 15 is 0 Å². The van der Waals surface area contributed by atoms with Gasteiger partial charge in [-0.25, -0.2) is 26.7 Å². The Bertz CT molecular complexity index is 1630. The maximum absolute atomic E-state index is 14.0. The number of halogens is 3. The second-order valence-corrected chi connectivity index (χ2v) is 9.31. The first-order valence-corrected chi connectivity index (χ1v) is 11.7. The van der Waals surface area contributed by atoms with Gasteiger partial charge in [-0.3, -0.25) is 9.71 Å². The SMILES string of the molecule is O=S(=O)(Nc1ccc(-c2ccc3ncc(-c4ccncc4)n3n2)cc1)c1cc(Cl)c(F)cc1F. The number of fused-ring (bicyclic) bond motifs is 1. The van der Waals surface area contributed by atoms with Crippen LogP contribution in [0, 0.1) is 11.6 Å². The molecule has 0 spiro atoms. The van der Waals surface area contributed by atoms with Gasteiger partial charge in [-0.15, -0.1) is 0 Å². The molecule has 3 heterocycles. The number of benzene rings is 2. The van der Waals surface area contributed by atoms with Gasteiger partial charge in [0.25, 0.3) is 10.0 Å². The predicted molar refractivity (Wildman–Crippen MR) is 124 cm³/mol. The van der Waals surface area contributed by atoms with Crippen molar-refractivity contribution in [2.75, 3.05) is 4.72 Å². The van der Waals surface area contributed by atoms with Crippen LogP contribution in [-0.2, 0) is 10.0 Å². The normalized spacial score (nSPS) is 11.6. The van der Waals surface area contributed by atoms with Crippen molar-refractivity contribution < 1.29 is 17.2 Å². The van der Waals surface area contributed by atoms with Gasteiger partial charge < -0.3 is 0 Å². The van der Waals surface area contributed by atoms with E-state index in [0.29, 0.717) is 17.4 Å². The molecule has 5 aromatic rings. The van der Waals surface area contributed by atoms with E-state index in [1.807, 2.05) is 18.2 Å². The standard InChI is InChI=1S/C23H14ClF2N5O2S/c24-17-11-22(19(26)12-18(17)25)34(32,33)30-16-3-1-14(2-4-16)20-5-6-23-28-13-21(31(23)29-20)15-7-9-27-10-8-15/h1-13,30H. The van der Waals surface area contributed by atoms with Crippen molar-refractivity contribution in [3.05, 3.63) is 95.9 Å². The molecule has 2 aromatic carbocycles. The van der Waals surface area contributed by atoms with Crippen molar-refractivity contribution in [2.24, 2.45) is 0 Å². The van der Waals surface area contributed by atoms with Crippen LogP contribution in [0.1, 0.15) is 0 Å². The highest BCUT2D eigenvalue weighted by Crippen LogP contribution is 2.27. The zero-order valence-electron chi connectivity index (χ0n) is 17.2. The van der Waals surface area contributed by atoms with E-state index in [1.54, 1.807) is 41.3 Å². The first kappa shape index (κ1) is 21.9. The molecule has 7 nitrogen and oxygen atoms in total. The molecule has 0 radical (unpaired) electrons. The lowest BCUT2D eigenvalue weighted by atomic mass is 10.1. The molecule has 0 atom stereocenters. The third kappa shape index (κ3) is 4.09. The van der Waals surface area contributed by atoms with Crippen LogP contribution in [0.25, 0.3) is 28.2 Å². The van der Waals surface area contributed by atoms with Gasteiger partial charge in [-0.2, -0.15) is 5.10 Å².